The van der Waals surface area contributed by atoms with Gasteiger partial charge in [0.15, 0.2) is 11.5 Å². The molecule has 1 aromatic heterocycles. The zero-order chi connectivity index (χ0) is 22.9. The Labute approximate surface area is 192 Å². The fourth-order valence-corrected chi connectivity index (χ4v) is 4.36. The van der Waals surface area contributed by atoms with Gasteiger partial charge in [0, 0.05) is 28.9 Å². The molecule has 3 aromatic carbocycles. The first kappa shape index (κ1) is 20.7. The first-order chi connectivity index (χ1) is 16.2. The van der Waals surface area contributed by atoms with Gasteiger partial charge in [-0.05, 0) is 47.0 Å². The highest BCUT2D eigenvalue weighted by Crippen LogP contribution is 2.51. The number of pyridine rings is 1. The molecule has 0 fully saturated rings. The van der Waals surface area contributed by atoms with Crippen molar-refractivity contribution in [3.05, 3.63) is 66.5 Å². The highest BCUT2D eigenvalue weighted by Gasteiger charge is 2.26. The summed E-state index contributed by atoms with van der Waals surface area (Å²) in [4.78, 5) is 4.81. The number of anilines is 1. The summed E-state index contributed by atoms with van der Waals surface area (Å²) in [6, 6.07) is 15.9. The van der Waals surface area contributed by atoms with Crippen LogP contribution in [0.1, 0.15) is 5.56 Å². The van der Waals surface area contributed by atoms with Crippen molar-refractivity contribution in [3.8, 4) is 45.3 Å². The fraction of sp³-hybridized carbons (Fsp3) is 0.148. The highest BCUT2D eigenvalue weighted by atomic mass is 16.5. The van der Waals surface area contributed by atoms with E-state index in [4.69, 9.17) is 23.9 Å². The normalized spacial score (nSPS) is 11.8. The van der Waals surface area contributed by atoms with Gasteiger partial charge >= 0.3 is 0 Å². The lowest BCUT2D eigenvalue weighted by Crippen LogP contribution is -2.05. The van der Waals surface area contributed by atoms with Crippen molar-refractivity contribution >= 4 is 22.7 Å². The third-order valence-electron chi connectivity index (χ3n) is 5.93. The van der Waals surface area contributed by atoms with E-state index in [2.05, 4.69) is 11.4 Å². The molecule has 6 heteroatoms. The number of methoxy groups -OCH3 is 4. The van der Waals surface area contributed by atoms with Crippen LogP contribution < -0.4 is 24.3 Å². The summed E-state index contributed by atoms with van der Waals surface area (Å²) in [5.41, 5.74) is 6.69. The molecule has 1 aliphatic heterocycles. The number of aromatic nitrogens is 1. The predicted molar refractivity (Wildman–Crippen MR) is 131 cm³/mol. The lowest BCUT2D eigenvalue weighted by atomic mass is 9.90. The molecule has 33 heavy (non-hydrogen) atoms. The second-order valence-corrected chi connectivity index (χ2v) is 7.56. The molecule has 2 heterocycles. The van der Waals surface area contributed by atoms with Gasteiger partial charge in [0.2, 0.25) is 0 Å². The molecule has 0 unspecified atom stereocenters. The summed E-state index contributed by atoms with van der Waals surface area (Å²) in [5, 5.41) is 4.42. The van der Waals surface area contributed by atoms with Crippen molar-refractivity contribution < 1.29 is 18.9 Å². The topological polar surface area (TPSA) is 61.8 Å². The van der Waals surface area contributed by atoms with E-state index in [1.165, 1.54) is 0 Å². The van der Waals surface area contributed by atoms with E-state index >= 15 is 0 Å². The second kappa shape index (κ2) is 8.39. The maximum absolute atomic E-state index is 5.87. The van der Waals surface area contributed by atoms with Crippen LogP contribution in [0.5, 0.6) is 23.0 Å². The van der Waals surface area contributed by atoms with Gasteiger partial charge in [0.05, 0.1) is 34.1 Å². The standard InChI is InChI=1S/C27H24N2O4/c1-30-18-9-5-16(6-10-18)21-15-29-25-23-20(13-14-28-24(21)23)22(26(32-3)27(25)33-4)17-7-11-19(31-2)12-8-17/h5-15,28H,1-4H3. The first-order valence-corrected chi connectivity index (χ1v) is 10.5. The average molecular weight is 440 g/mol. The van der Waals surface area contributed by atoms with Crippen LogP contribution in [0.25, 0.3) is 39.2 Å². The minimum absolute atomic E-state index is 0.599. The highest BCUT2D eigenvalue weighted by molar-refractivity contribution is 6.13. The Balaban J connectivity index is 1.83. The molecule has 0 bridgehead atoms. The Morgan fingerprint density at radius 3 is 1.88 bits per heavy atom. The van der Waals surface area contributed by atoms with Gasteiger partial charge in [-0.25, -0.2) is 0 Å². The van der Waals surface area contributed by atoms with Crippen molar-refractivity contribution in [2.45, 2.75) is 0 Å². The summed E-state index contributed by atoms with van der Waals surface area (Å²) in [7, 11) is 6.62. The van der Waals surface area contributed by atoms with Crippen LogP contribution in [-0.2, 0) is 0 Å². The molecule has 0 radical (unpaired) electrons. The van der Waals surface area contributed by atoms with Crippen molar-refractivity contribution in [1.82, 2.24) is 4.98 Å². The lowest BCUT2D eigenvalue weighted by molar-refractivity contribution is 0.359. The second-order valence-electron chi connectivity index (χ2n) is 7.56. The number of hydrogen-bond donors (Lipinski definition) is 1. The summed E-state index contributed by atoms with van der Waals surface area (Å²) >= 11 is 0. The van der Waals surface area contributed by atoms with Gasteiger partial charge in [0.25, 0.3) is 0 Å². The third-order valence-corrected chi connectivity index (χ3v) is 5.93. The zero-order valence-corrected chi connectivity index (χ0v) is 18.9. The maximum atomic E-state index is 5.87. The largest absolute Gasteiger partial charge is 0.497 e. The van der Waals surface area contributed by atoms with E-state index in [0.717, 1.165) is 55.9 Å². The number of hydrogen-bond acceptors (Lipinski definition) is 6. The van der Waals surface area contributed by atoms with Gasteiger partial charge in [-0.1, -0.05) is 24.3 Å². The number of ether oxygens (including phenoxy) is 4. The van der Waals surface area contributed by atoms with E-state index in [1.807, 2.05) is 60.9 Å². The molecule has 5 rings (SSSR count). The molecule has 0 aliphatic carbocycles. The molecular weight excluding hydrogens is 416 g/mol. The fourth-order valence-electron chi connectivity index (χ4n) is 4.36. The molecule has 1 N–H and O–H groups in total. The van der Waals surface area contributed by atoms with E-state index in [9.17, 15) is 0 Å². The number of benzene rings is 3. The average Bonchev–Trinajstić information content (AvgIpc) is 2.88. The molecule has 6 nitrogen and oxygen atoms in total. The molecule has 4 aromatic rings. The minimum atomic E-state index is 0.599. The Morgan fingerprint density at radius 2 is 1.30 bits per heavy atom. The molecule has 0 atom stereocenters. The van der Waals surface area contributed by atoms with Crippen LogP contribution in [0, 0.1) is 0 Å². The Bertz CT molecular complexity index is 1360. The van der Waals surface area contributed by atoms with Gasteiger partial charge in [-0.15, -0.1) is 0 Å². The molecular formula is C27H24N2O4. The third kappa shape index (κ3) is 3.31. The van der Waals surface area contributed by atoms with E-state index < -0.39 is 0 Å². The zero-order valence-electron chi connectivity index (χ0n) is 18.9. The summed E-state index contributed by atoms with van der Waals surface area (Å²) in [6.07, 6.45) is 5.86. The summed E-state index contributed by atoms with van der Waals surface area (Å²) < 4.78 is 22.4. The molecule has 0 saturated carbocycles. The van der Waals surface area contributed by atoms with Crippen LogP contribution in [0.2, 0.25) is 0 Å². The van der Waals surface area contributed by atoms with Crippen LogP contribution in [0.15, 0.2) is 60.9 Å². The number of nitrogens with one attached hydrogen (secondary N) is 1. The Morgan fingerprint density at radius 1 is 0.697 bits per heavy atom. The summed E-state index contributed by atoms with van der Waals surface area (Å²) in [6.45, 7) is 0. The smallest absolute Gasteiger partial charge is 0.187 e. The van der Waals surface area contributed by atoms with Crippen LogP contribution in [0.3, 0.4) is 0 Å². The van der Waals surface area contributed by atoms with Crippen LogP contribution in [0.4, 0.5) is 5.69 Å². The van der Waals surface area contributed by atoms with Gasteiger partial charge < -0.3 is 24.3 Å². The summed E-state index contributed by atoms with van der Waals surface area (Å²) in [5.74, 6) is 2.84. The monoisotopic (exact) mass is 440 g/mol. The quantitative estimate of drug-likeness (QED) is 0.397. The van der Waals surface area contributed by atoms with Gasteiger partial charge in [-0.3, -0.25) is 4.98 Å². The van der Waals surface area contributed by atoms with E-state index in [-0.39, 0.29) is 0 Å². The van der Waals surface area contributed by atoms with E-state index in [1.54, 1.807) is 28.4 Å². The minimum Gasteiger partial charge on any atom is -0.497 e. The Kier molecular flexibility index (Phi) is 5.26. The van der Waals surface area contributed by atoms with E-state index in [0.29, 0.717) is 11.5 Å². The molecule has 0 amide bonds. The van der Waals surface area contributed by atoms with Crippen molar-refractivity contribution in [2.75, 3.05) is 33.8 Å². The van der Waals surface area contributed by atoms with Gasteiger partial charge in [-0.2, -0.15) is 0 Å². The van der Waals surface area contributed by atoms with Crippen molar-refractivity contribution in [1.29, 1.82) is 0 Å². The SMILES string of the molecule is COc1ccc(-c2cnc3c(OC)c(OC)c(-c4ccc(OC)cc4)c4c3c2NC=C4)cc1. The first-order valence-electron chi connectivity index (χ1n) is 10.5. The number of rotatable bonds is 6. The van der Waals surface area contributed by atoms with Crippen molar-refractivity contribution in [3.63, 3.8) is 0 Å². The van der Waals surface area contributed by atoms with Crippen LogP contribution >= 0.6 is 0 Å². The van der Waals surface area contributed by atoms with Crippen molar-refractivity contribution in [2.24, 2.45) is 0 Å². The molecule has 166 valence electrons. The molecule has 0 saturated heterocycles. The number of nitrogens with zero attached hydrogens (tertiary/aromatic N) is 1. The van der Waals surface area contributed by atoms with Gasteiger partial charge in [0.1, 0.15) is 17.0 Å². The lowest BCUT2D eigenvalue weighted by Gasteiger charge is -2.24. The molecule has 1 aliphatic rings. The molecule has 0 spiro atoms. The predicted octanol–water partition coefficient (Wildman–Crippen LogP) is 6.00. The maximum Gasteiger partial charge on any atom is 0.187 e. The van der Waals surface area contributed by atoms with Crippen LogP contribution in [-0.4, -0.2) is 33.4 Å². The Hall–Kier alpha value is -4.19.